The minimum atomic E-state index is -5.05. The monoisotopic (exact) mass is 620 g/mol. The number of amides is 4. The lowest BCUT2D eigenvalue weighted by molar-refractivity contribution is -0.274. The van der Waals surface area contributed by atoms with Gasteiger partial charge in [-0.15, -0.1) is 13.2 Å². The highest BCUT2D eigenvalue weighted by atomic mass is 35.5. The number of likely N-dealkylation sites (tertiary alicyclic amines) is 1. The Labute approximate surface area is 247 Å². The summed E-state index contributed by atoms with van der Waals surface area (Å²) in [5.41, 5.74) is -1.29. The smallest absolute Gasteiger partial charge is 0.508 e. The van der Waals surface area contributed by atoms with Crippen molar-refractivity contribution in [2.24, 2.45) is 29.1 Å². The molecule has 13 heteroatoms. The third-order valence-corrected chi connectivity index (χ3v) is 9.68. The summed E-state index contributed by atoms with van der Waals surface area (Å²) in [5, 5.41) is 10.7. The van der Waals surface area contributed by atoms with Crippen LogP contribution in [-0.4, -0.2) is 46.5 Å². The van der Waals surface area contributed by atoms with Crippen molar-refractivity contribution in [1.29, 1.82) is 0 Å². The zero-order valence-electron chi connectivity index (χ0n) is 22.8. The number of alkyl halides is 3. The van der Waals surface area contributed by atoms with E-state index in [1.54, 1.807) is 13.0 Å². The van der Waals surface area contributed by atoms with Crippen molar-refractivity contribution in [3.05, 3.63) is 64.5 Å². The molecular formula is C30H25ClF4N2O6. The molecule has 2 heterocycles. The molecule has 0 spiro atoms. The molecule has 1 saturated carbocycles. The number of benzene rings is 2. The number of carbonyl (C=O) groups excluding carboxylic acids is 4. The molecule has 4 amide bonds. The van der Waals surface area contributed by atoms with E-state index in [1.807, 2.05) is 0 Å². The van der Waals surface area contributed by atoms with Crippen molar-refractivity contribution in [3.8, 4) is 11.5 Å². The predicted molar refractivity (Wildman–Crippen MR) is 143 cm³/mol. The normalized spacial score (nSPS) is 30.3. The van der Waals surface area contributed by atoms with Gasteiger partial charge in [0.2, 0.25) is 23.6 Å². The topological polar surface area (TPSA) is 104 Å². The molecule has 2 aromatic rings. The second kappa shape index (κ2) is 9.80. The third-order valence-electron chi connectivity index (χ3n) is 9.39. The third kappa shape index (κ3) is 4.24. The van der Waals surface area contributed by atoms with Crippen LogP contribution in [0.25, 0.3) is 0 Å². The lowest BCUT2D eigenvalue weighted by atomic mass is 9.51. The fraction of sp³-hybridized carbons (Fsp3) is 0.400. The molecule has 43 heavy (non-hydrogen) atoms. The minimum absolute atomic E-state index is 0.00624. The van der Waals surface area contributed by atoms with Gasteiger partial charge in [0.1, 0.15) is 17.3 Å². The second-order valence-corrected chi connectivity index (χ2v) is 11.9. The van der Waals surface area contributed by atoms with Gasteiger partial charge in [0.05, 0.1) is 33.9 Å². The van der Waals surface area contributed by atoms with E-state index in [4.69, 9.17) is 11.6 Å². The number of hydrogen-bond acceptors (Lipinski definition) is 6. The number of nitrogens with zero attached hydrogens (tertiary/aromatic N) is 2. The SMILES string of the molecule is CCN1C(=O)[C@H]2[C@H](CC=C3[C@H]2C[C@H]2C(=O)N(c4ccc(F)c(Cl)c4)C(=O)[C@@]2(C)[C@H]3c2cc(OC(F)(F)F)ccc2O)C1=O. The summed E-state index contributed by atoms with van der Waals surface area (Å²) in [7, 11) is 0. The summed E-state index contributed by atoms with van der Waals surface area (Å²) in [6.45, 7) is 3.30. The van der Waals surface area contributed by atoms with Crippen LogP contribution in [0, 0.1) is 34.9 Å². The van der Waals surface area contributed by atoms with Gasteiger partial charge in [-0.1, -0.05) is 23.3 Å². The molecular weight excluding hydrogens is 596 g/mol. The number of allylic oxidation sites excluding steroid dienone is 2. The second-order valence-electron chi connectivity index (χ2n) is 11.4. The van der Waals surface area contributed by atoms with E-state index >= 15 is 0 Å². The molecule has 2 saturated heterocycles. The Morgan fingerprint density at radius 3 is 2.42 bits per heavy atom. The van der Waals surface area contributed by atoms with E-state index in [9.17, 15) is 41.8 Å². The van der Waals surface area contributed by atoms with Crippen molar-refractivity contribution in [2.75, 3.05) is 11.4 Å². The Morgan fingerprint density at radius 2 is 1.77 bits per heavy atom. The molecule has 2 aromatic carbocycles. The zero-order chi connectivity index (χ0) is 31.2. The van der Waals surface area contributed by atoms with Crippen molar-refractivity contribution < 1.29 is 46.6 Å². The van der Waals surface area contributed by atoms with Gasteiger partial charge in [-0.2, -0.15) is 0 Å². The first-order valence-electron chi connectivity index (χ1n) is 13.7. The average molecular weight is 621 g/mol. The number of phenolic OH excluding ortho intramolecular Hbond substituents is 1. The molecule has 2 aliphatic carbocycles. The number of aromatic hydroxyl groups is 1. The van der Waals surface area contributed by atoms with E-state index in [-0.39, 0.29) is 41.6 Å². The van der Waals surface area contributed by atoms with Gasteiger partial charge in [-0.3, -0.25) is 24.1 Å². The van der Waals surface area contributed by atoms with Crippen molar-refractivity contribution in [1.82, 2.24) is 4.90 Å². The largest absolute Gasteiger partial charge is 0.573 e. The maximum Gasteiger partial charge on any atom is 0.573 e. The number of anilines is 1. The average Bonchev–Trinajstić information content (AvgIpc) is 3.30. The van der Waals surface area contributed by atoms with Gasteiger partial charge in [-0.25, -0.2) is 9.29 Å². The lowest BCUT2D eigenvalue weighted by Gasteiger charge is -2.49. The van der Waals surface area contributed by atoms with E-state index in [1.165, 1.54) is 13.0 Å². The molecule has 6 rings (SSSR count). The Morgan fingerprint density at radius 1 is 1.05 bits per heavy atom. The Bertz CT molecular complexity index is 1630. The van der Waals surface area contributed by atoms with Gasteiger partial charge < -0.3 is 9.84 Å². The van der Waals surface area contributed by atoms with Gasteiger partial charge in [0.15, 0.2) is 0 Å². The summed E-state index contributed by atoms with van der Waals surface area (Å²) in [6, 6.07) is 6.23. The Kier molecular flexibility index (Phi) is 6.64. The van der Waals surface area contributed by atoms with Crippen LogP contribution in [0.2, 0.25) is 5.02 Å². The van der Waals surface area contributed by atoms with Crippen molar-refractivity contribution in [2.45, 2.75) is 39.0 Å². The van der Waals surface area contributed by atoms with E-state index < -0.39 is 76.4 Å². The van der Waals surface area contributed by atoms with Crippen LogP contribution in [0.15, 0.2) is 48.0 Å². The molecule has 226 valence electrons. The summed E-state index contributed by atoms with van der Waals surface area (Å²) in [5.74, 6) is -8.62. The number of carbonyl (C=O) groups is 4. The summed E-state index contributed by atoms with van der Waals surface area (Å²) in [6.07, 6.45) is -3.22. The highest BCUT2D eigenvalue weighted by molar-refractivity contribution is 6.31. The van der Waals surface area contributed by atoms with E-state index in [0.717, 1.165) is 40.1 Å². The quantitative estimate of drug-likeness (QED) is 0.281. The number of hydrogen-bond donors (Lipinski definition) is 1. The van der Waals surface area contributed by atoms with Crippen LogP contribution in [-0.2, 0) is 19.2 Å². The van der Waals surface area contributed by atoms with Gasteiger partial charge in [0.25, 0.3) is 0 Å². The summed E-state index contributed by atoms with van der Waals surface area (Å²) >= 11 is 5.96. The van der Waals surface area contributed by atoms with Crippen LogP contribution in [0.4, 0.5) is 23.2 Å². The van der Waals surface area contributed by atoms with Gasteiger partial charge in [-0.05, 0) is 69.0 Å². The number of halogens is 5. The Hall–Kier alpha value is -3.93. The number of rotatable bonds is 4. The molecule has 8 nitrogen and oxygen atoms in total. The van der Waals surface area contributed by atoms with Crippen LogP contribution < -0.4 is 9.64 Å². The standard InChI is InChI=1S/C30H25ClF4N2O6/c1-3-36-25(39)16-7-6-15-17(23(16)27(36)41)12-19-26(40)37(13-4-8-21(32)20(31)10-13)28(42)29(19,2)24(15)18-11-14(5-9-22(18)38)43-30(33,34)35/h4-6,8-11,16-17,19,23-24,38H,3,7,12H2,1-2H3/t16-,17+,19-,23-,24+,29+/m0/s1. The molecule has 1 N–H and O–H groups in total. The van der Waals surface area contributed by atoms with Crippen molar-refractivity contribution >= 4 is 40.9 Å². The van der Waals surface area contributed by atoms with E-state index in [0.29, 0.717) is 5.57 Å². The fourth-order valence-corrected chi connectivity index (χ4v) is 7.74. The number of ether oxygens (including phenoxy) is 1. The molecule has 0 unspecified atom stereocenters. The highest BCUT2D eigenvalue weighted by Gasteiger charge is 2.68. The molecule has 3 fully saturated rings. The molecule has 4 aliphatic rings. The number of fused-ring (bicyclic) bond motifs is 4. The number of phenols is 1. The van der Waals surface area contributed by atoms with E-state index in [2.05, 4.69) is 4.74 Å². The van der Waals surface area contributed by atoms with Crippen LogP contribution in [0.3, 0.4) is 0 Å². The Balaban J connectivity index is 1.55. The first kappa shape index (κ1) is 29.2. The fourth-order valence-electron chi connectivity index (χ4n) is 7.57. The summed E-state index contributed by atoms with van der Waals surface area (Å²) < 4.78 is 57.6. The van der Waals surface area contributed by atoms with Crippen LogP contribution >= 0.6 is 11.6 Å². The highest BCUT2D eigenvalue weighted by Crippen LogP contribution is 2.64. The maximum absolute atomic E-state index is 14.3. The van der Waals surface area contributed by atoms with Crippen LogP contribution in [0.5, 0.6) is 11.5 Å². The first-order chi connectivity index (χ1) is 20.2. The lowest BCUT2D eigenvalue weighted by Crippen LogP contribution is -2.48. The number of imide groups is 2. The van der Waals surface area contributed by atoms with Gasteiger partial charge >= 0.3 is 6.36 Å². The predicted octanol–water partition coefficient (Wildman–Crippen LogP) is 5.33. The summed E-state index contributed by atoms with van der Waals surface area (Å²) in [4.78, 5) is 57.0. The van der Waals surface area contributed by atoms with Gasteiger partial charge in [0, 0.05) is 18.0 Å². The molecule has 0 radical (unpaired) electrons. The first-order valence-corrected chi connectivity index (χ1v) is 14.0. The molecule has 0 bridgehead atoms. The van der Waals surface area contributed by atoms with Crippen LogP contribution in [0.1, 0.15) is 38.2 Å². The minimum Gasteiger partial charge on any atom is -0.508 e. The molecule has 6 atom stereocenters. The molecule has 0 aromatic heterocycles. The molecule has 2 aliphatic heterocycles. The maximum atomic E-state index is 14.3. The zero-order valence-corrected chi connectivity index (χ0v) is 23.6. The van der Waals surface area contributed by atoms with Crippen molar-refractivity contribution in [3.63, 3.8) is 0 Å².